The quantitative estimate of drug-likeness (QED) is 0.413. The van der Waals surface area contributed by atoms with Crippen LogP contribution in [0, 0.1) is 0 Å². The fraction of sp³-hybridized carbons (Fsp3) is 0.833. The molecule has 0 unspecified atom stereocenters. The van der Waals surface area contributed by atoms with Gasteiger partial charge < -0.3 is 14.6 Å². The highest BCUT2D eigenvalue weighted by Gasteiger charge is 2.44. The molecule has 0 bridgehead atoms. The summed E-state index contributed by atoms with van der Waals surface area (Å²) in [5, 5.41) is 9.03. The van der Waals surface area contributed by atoms with Crippen molar-refractivity contribution in [3.8, 4) is 0 Å². The van der Waals surface area contributed by atoms with E-state index in [1.54, 1.807) is 6.92 Å². The first kappa shape index (κ1) is 7.50. The van der Waals surface area contributed by atoms with Crippen LogP contribution < -0.4 is 0 Å². The van der Waals surface area contributed by atoms with Crippen LogP contribution in [0.1, 0.15) is 6.92 Å². The van der Waals surface area contributed by atoms with Crippen molar-refractivity contribution in [2.75, 3.05) is 7.11 Å². The third-order valence-electron chi connectivity index (χ3n) is 1.51. The average molecular weight is 146 g/mol. The number of carbonyl (C=O) groups excluding carboxylic acids is 1. The lowest BCUT2D eigenvalue weighted by Gasteiger charge is -2.02. The minimum absolute atomic E-state index is 0.0194. The smallest absolute Gasteiger partial charge is 0.337 e. The standard InChI is InChI=1S/C6H10O4/c1-3-5(10-3)4(7)6(8)9-2/h3-5,7H,1-2H3/t3-,4+,5-/m1/s1. The molecule has 0 spiro atoms. The van der Waals surface area contributed by atoms with E-state index < -0.39 is 12.1 Å². The van der Waals surface area contributed by atoms with Crippen molar-refractivity contribution in [2.45, 2.75) is 25.2 Å². The summed E-state index contributed by atoms with van der Waals surface area (Å²) >= 11 is 0. The van der Waals surface area contributed by atoms with Gasteiger partial charge in [0.15, 0.2) is 6.10 Å². The van der Waals surface area contributed by atoms with Crippen molar-refractivity contribution in [3.05, 3.63) is 0 Å². The maximum Gasteiger partial charge on any atom is 0.337 e. The number of hydrogen-bond acceptors (Lipinski definition) is 4. The molecule has 0 aromatic carbocycles. The molecule has 0 amide bonds. The van der Waals surface area contributed by atoms with Crippen molar-refractivity contribution in [1.29, 1.82) is 0 Å². The Morgan fingerprint density at radius 1 is 1.80 bits per heavy atom. The molecule has 1 aliphatic heterocycles. The fourth-order valence-corrected chi connectivity index (χ4v) is 0.788. The Bertz CT molecular complexity index is 145. The van der Waals surface area contributed by atoms with Gasteiger partial charge in [0, 0.05) is 0 Å². The summed E-state index contributed by atoms with van der Waals surface area (Å²) in [6.07, 6.45) is -1.48. The molecular formula is C6H10O4. The summed E-state index contributed by atoms with van der Waals surface area (Å²) < 4.78 is 9.14. The van der Waals surface area contributed by atoms with E-state index in [2.05, 4.69) is 4.74 Å². The van der Waals surface area contributed by atoms with E-state index in [1.165, 1.54) is 7.11 Å². The number of aliphatic hydroxyl groups is 1. The first-order chi connectivity index (χ1) is 4.66. The summed E-state index contributed by atoms with van der Waals surface area (Å²) in [7, 11) is 1.23. The van der Waals surface area contributed by atoms with Gasteiger partial charge in [-0.1, -0.05) is 0 Å². The third kappa shape index (κ3) is 1.27. The van der Waals surface area contributed by atoms with Gasteiger partial charge in [0.05, 0.1) is 13.2 Å². The molecule has 4 nitrogen and oxygen atoms in total. The Morgan fingerprint density at radius 3 is 2.60 bits per heavy atom. The normalized spacial score (nSPS) is 33.1. The lowest BCUT2D eigenvalue weighted by atomic mass is 10.2. The van der Waals surface area contributed by atoms with Crippen LogP contribution in [0.5, 0.6) is 0 Å². The van der Waals surface area contributed by atoms with Crippen LogP contribution >= 0.6 is 0 Å². The van der Waals surface area contributed by atoms with E-state index in [9.17, 15) is 4.79 Å². The zero-order valence-corrected chi connectivity index (χ0v) is 5.90. The molecule has 0 saturated carbocycles. The molecule has 0 aliphatic carbocycles. The lowest BCUT2D eigenvalue weighted by molar-refractivity contribution is -0.151. The predicted molar refractivity (Wildman–Crippen MR) is 32.4 cm³/mol. The maximum atomic E-state index is 10.6. The number of aliphatic hydroxyl groups excluding tert-OH is 1. The van der Waals surface area contributed by atoms with Gasteiger partial charge in [-0.3, -0.25) is 0 Å². The molecule has 0 aromatic heterocycles. The van der Waals surface area contributed by atoms with Gasteiger partial charge in [0.1, 0.15) is 6.10 Å². The first-order valence-electron chi connectivity index (χ1n) is 3.08. The molecule has 4 heteroatoms. The summed E-state index contributed by atoms with van der Waals surface area (Å²) in [5.74, 6) is -0.630. The summed E-state index contributed by atoms with van der Waals surface area (Å²) in [4.78, 5) is 10.6. The number of esters is 1. The Labute approximate surface area is 58.7 Å². The highest BCUT2D eigenvalue weighted by atomic mass is 16.6. The molecular weight excluding hydrogens is 136 g/mol. The topological polar surface area (TPSA) is 59.1 Å². The molecule has 3 atom stereocenters. The molecule has 10 heavy (non-hydrogen) atoms. The Morgan fingerprint density at radius 2 is 2.30 bits per heavy atom. The predicted octanol–water partition coefficient (Wildman–Crippen LogP) is -0.692. The number of methoxy groups -OCH3 is 1. The van der Waals surface area contributed by atoms with Crippen LogP contribution in [0.15, 0.2) is 0 Å². The van der Waals surface area contributed by atoms with E-state index in [0.29, 0.717) is 0 Å². The van der Waals surface area contributed by atoms with Gasteiger partial charge in [-0.15, -0.1) is 0 Å². The van der Waals surface area contributed by atoms with Crippen LogP contribution in [-0.4, -0.2) is 36.5 Å². The number of hydrogen-bond donors (Lipinski definition) is 1. The molecule has 1 rings (SSSR count). The highest BCUT2D eigenvalue weighted by molar-refractivity contribution is 5.75. The Kier molecular flexibility index (Phi) is 1.92. The van der Waals surface area contributed by atoms with Crippen LogP contribution in [0.2, 0.25) is 0 Å². The maximum absolute atomic E-state index is 10.6. The molecule has 58 valence electrons. The summed E-state index contributed by atoms with van der Waals surface area (Å²) in [6, 6.07) is 0. The molecule has 1 saturated heterocycles. The van der Waals surface area contributed by atoms with Gasteiger partial charge in [-0.2, -0.15) is 0 Å². The van der Waals surface area contributed by atoms with Gasteiger partial charge >= 0.3 is 5.97 Å². The number of ether oxygens (including phenoxy) is 2. The zero-order chi connectivity index (χ0) is 7.72. The molecule has 1 N–H and O–H groups in total. The van der Waals surface area contributed by atoms with E-state index in [4.69, 9.17) is 9.84 Å². The fourth-order valence-electron chi connectivity index (χ4n) is 0.788. The number of carbonyl (C=O) groups is 1. The van der Waals surface area contributed by atoms with Crippen molar-refractivity contribution in [2.24, 2.45) is 0 Å². The summed E-state index contributed by atoms with van der Waals surface area (Å²) in [6.45, 7) is 1.79. The Hall–Kier alpha value is -0.610. The molecule has 1 aliphatic rings. The average Bonchev–Trinajstić information content (AvgIpc) is 2.63. The van der Waals surface area contributed by atoms with Gasteiger partial charge in [-0.25, -0.2) is 4.79 Å². The largest absolute Gasteiger partial charge is 0.467 e. The summed E-state index contributed by atoms with van der Waals surface area (Å²) in [5.41, 5.74) is 0. The lowest BCUT2D eigenvalue weighted by Crippen LogP contribution is -2.28. The van der Waals surface area contributed by atoms with Crippen LogP contribution in [0.25, 0.3) is 0 Å². The van der Waals surface area contributed by atoms with Crippen molar-refractivity contribution in [3.63, 3.8) is 0 Å². The minimum atomic E-state index is -1.11. The second-order valence-corrected chi connectivity index (χ2v) is 2.27. The number of rotatable bonds is 2. The molecule has 1 fully saturated rings. The Balaban J connectivity index is 2.34. The third-order valence-corrected chi connectivity index (χ3v) is 1.51. The second kappa shape index (κ2) is 2.56. The minimum Gasteiger partial charge on any atom is -0.467 e. The van der Waals surface area contributed by atoms with E-state index in [0.717, 1.165) is 0 Å². The molecule has 0 radical (unpaired) electrons. The van der Waals surface area contributed by atoms with Gasteiger partial charge in [0.2, 0.25) is 0 Å². The molecule has 0 aromatic rings. The van der Waals surface area contributed by atoms with Crippen LogP contribution in [0.4, 0.5) is 0 Å². The van der Waals surface area contributed by atoms with Gasteiger partial charge in [0.25, 0.3) is 0 Å². The molecule has 1 heterocycles. The monoisotopic (exact) mass is 146 g/mol. The van der Waals surface area contributed by atoms with Crippen LogP contribution in [-0.2, 0) is 14.3 Å². The van der Waals surface area contributed by atoms with E-state index >= 15 is 0 Å². The van der Waals surface area contributed by atoms with E-state index in [1.807, 2.05) is 0 Å². The second-order valence-electron chi connectivity index (χ2n) is 2.27. The highest BCUT2D eigenvalue weighted by Crippen LogP contribution is 2.24. The van der Waals surface area contributed by atoms with Gasteiger partial charge in [-0.05, 0) is 6.92 Å². The van der Waals surface area contributed by atoms with Crippen molar-refractivity contribution in [1.82, 2.24) is 0 Å². The van der Waals surface area contributed by atoms with Crippen molar-refractivity contribution < 1.29 is 19.4 Å². The van der Waals surface area contributed by atoms with E-state index in [-0.39, 0.29) is 12.2 Å². The zero-order valence-electron chi connectivity index (χ0n) is 5.90. The number of epoxide rings is 1. The first-order valence-corrected chi connectivity index (χ1v) is 3.08. The van der Waals surface area contributed by atoms with Crippen LogP contribution in [0.3, 0.4) is 0 Å². The van der Waals surface area contributed by atoms with Crippen molar-refractivity contribution >= 4 is 5.97 Å². The SMILES string of the molecule is COC(=O)[C@@H](O)[C@@H]1O[C@@H]1C.